The first kappa shape index (κ1) is 17.6. The first-order valence-electron chi connectivity index (χ1n) is 8.62. The molecular formula is C17H25ClN4O2. The van der Waals surface area contributed by atoms with E-state index < -0.39 is 0 Å². The summed E-state index contributed by atoms with van der Waals surface area (Å²) in [6.07, 6.45) is 4.19. The summed E-state index contributed by atoms with van der Waals surface area (Å²) in [7, 11) is 0. The summed E-state index contributed by atoms with van der Waals surface area (Å²) in [5.74, 6) is 0.0980. The van der Waals surface area contributed by atoms with Crippen molar-refractivity contribution in [2.75, 3.05) is 45.9 Å². The van der Waals surface area contributed by atoms with Gasteiger partial charge < -0.3 is 10.1 Å². The number of carbonyl (C=O) groups excluding carboxylic acids is 1. The van der Waals surface area contributed by atoms with Crippen LogP contribution in [0.2, 0.25) is 5.15 Å². The number of aromatic nitrogens is 1. The van der Waals surface area contributed by atoms with Gasteiger partial charge in [-0.1, -0.05) is 17.7 Å². The van der Waals surface area contributed by atoms with Crippen LogP contribution in [0.1, 0.15) is 18.4 Å². The van der Waals surface area contributed by atoms with Crippen molar-refractivity contribution in [3.63, 3.8) is 0 Å². The Morgan fingerprint density at radius 3 is 2.75 bits per heavy atom. The molecule has 1 N–H and O–H groups in total. The molecule has 6 nitrogen and oxygen atoms in total. The van der Waals surface area contributed by atoms with Gasteiger partial charge in [0.25, 0.3) is 0 Å². The van der Waals surface area contributed by atoms with Crippen LogP contribution in [0.3, 0.4) is 0 Å². The van der Waals surface area contributed by atoms with Gasteiger partial charge in [-0.3, -0.25) is 14.6 Å². The second kappa shape index (κ2) is 8.76. The lowest BCUT2D eigenvalue weighted by atomic mass is 10.2. The topological polar surface area (TPSA) is 57.7 Å². The Bertz CT molecular complexity index is 526. The average molecular weight is 353 g/mol. The zero-order chi connectivity index (χ0) is 16.8. The number of pyridine rings is 1. The molecule has 1 aromatic rings. The number of nitrogens with zero attached hydrogens (tertiary/aromatic N) is 3. The lowest BCUT2D eigenvalue weighted by Gasteiger charge is -2.34. The number of carbonyl (C=O) groups is 1. The number of halogens is 1. The van der Waals surface area contributed by atoms with Crippen molar-refractivity contribution in [3.05, 3.63) is 29.0 Å². The third-order valence-corrected chi connectivity index (χ3v) is 4.80. The highest BCUT2D eigenvalue weighted by Crippen LogP contribution is 2.11. The van der Waals surface area contributed by atoms with E-state index in [1.807, 2.05) is 18.3 Å². The van der Waals surface area contributed by atoms with Gasteiger partial charge in [0, 0.05) is 52.1 Å². The number of nitrogens with one attached hydrogen (secondary N) is 1. The van der Waals surface area contributed by atoms with Crippen molar-refractivity contribution in [2.24, 2.45) is 0 Å². The maximum absolute atomic E-state index is 12.0. The van der Waals surface area contributed by atoms with E-state index in [0.717, 1.165) is 52.2 Å². The highest BCUT2D eigenvalue weighted by molar-refractivity contribution is 6.29. The quantitative estimate of drug-likeness (QED) is 0.778. The first-order valence-corrected chi connectivity index (χ1v) is 9.00. The molecule has 2 fully saturated rings. The highest BCUT2D eigenvalue weighted by atomic mass is 35.5. The number of hydrogen-bond donors (Lipinski definition) is 1. The Morgan fingerprint density at radius 2 is 2.08 bits per heavy atom. The molecule has 1 atom stereocenters. The Morgan fingerprint density at radius 1 is 1.29 bits per heavy atom. The molecule has 1 unspecified atom stereocenters. The summed E-state index contributed by atoms with van der Waals surface area (Å²) in [6.45, 7) is 6.56. The van der Waals surface area contributed by atoms with E-state index in [9.17, 15) is 4.79 Å². The van der Waals surface area contributed by atoms with Crippen LogP contribution in [0.15, 0.2) is 18.3 Å². The van der Waals surface area contributed by atoms with E-state index in [-0.39, 0.29) is 12.0 Å². The predicted octanol–water partition coefficient (Wildman–Crippen LogP) is 1.15. The van der Waals surface area contributed by atoms with Crippen LogP contribution in [0.5, 0.6) is 0 Å². The summed E-state index contributed by atoms with van der Waals surface area (Å²) >= 11 is 5.81. The molecule has 0 bridgehead atoms. The van der Waals surface area contributed by atoms with Gasteiger partial charge in [-0.05, 0) is 24.5 Å². The third-order valence-electron chi connectivity index (χ3n) is 4.58. The van der Waals surface area contributed by atoms with Gasteiger partial charge in [0.1, 0.15) is 5.15 Å². The molecule has 0 aliphatic carbocycles. The van der Waals surface area contributed by atoms with Crippen molar-refractivity contribution in [1.29, 1.82) is 0 Å². The average Bonchev–Trinajstić information content (AvgIpc) is 3.10. The van der Waals surface area contributed by atoms with E-state index in [0.29, 0.717) is 18.2 Å². The summed E-state index contributed by atoms with van der Waals surface area (Å²) in [6, 6.07) is 3.84. The van der Waals surface area contributed by atoms with E-state index in [1.165, 1.54) is 5.56 Å². The Balaban J connectivity index is 1.34. The Kier molecular flexibility index (Phi) is 6.43. The number of hydrogen-bond acceptors (Lipinski definition) is 5. The van der Waals surface area contributed by atoms with Gasteiger partial charge in [0.15, 0.2) is 0 Å². The van der Waals surface area contributed by atoms with Crippen molar-refractivity contribution < 1.29 is 9.53 Å². The zero-order valence-electron chi connectivity index (χ0n) is 13.9. The minimum atomic E-state index is 0.0980. The zero-order valence-corrected chi connectivity index (χ0v) is 14.7. The van der Waals surface area contributed by atoms with Gasteiger partial charge >= 0.3 is 0 Å². The van der Waals surface area contributed by atoms with Crippen molar-refractivity contribution in [3.8, 4) is 0 Å². The minimum Gasteiger partial charge on any atom is -0.376 e. The summed E-state index contributed by atoms with van der Waals surface area (Å²) < 4.78 is 5.52. The smallest absolute Gasteiger partial charge is 0.234 e. The molecule has 7 heteroatoms. The summed E-state index contributed by atoms with van der Waals surface area (Å²) in [4.78, 5) is 20.7. The molecule has 132 valence electrons. The molecule has 0 saturated carbocycles. The van der Waals surface area contributed by atoms with E-state index >= 15 is 0 Å². The second-order valence-electron chi connectivity index (χ2n) is 6.48. The molecule has 2 saturated heterocycles. The summed E-state index contributed by atoms with van der Waals surface area (Å²) in [5.41, 5.74) is 1.17. The van der Waals surface area contributed by atoms with Crippen molar-refractivity contribution >= 4 is 17.5 Å². The van der Waals surface area contributed by atoms with E-state index in [1.54, 1.807) is 0 Å². The van der Waals surface area contributed by atoms with Crippen LogP contribution < -0.4 is 5.32 Å². The Hall–Kier alpha value is -1.21. The van der Waals surface area contributed by atoms with Gasteiger partial charge in [-0.15, -0.1) is 0 Å². The number of amides is 1. The molecule has 3 rings (SSSR count). The summed E-state index contributed by atoms with van der Waals surface area (Å²) in [5, 5.41) is 3.51. The highest BCUT2D eigenvalue weighted by Gasteiger charge is 2.20. The minimum absolute atomic E-state index is 0.0980. The lowest BCUT2D eigenvalue weighted by Crippen LogP contribution is -2.49. The van der Waals surface area contributed by atoms with E-state index in [2.05, 4.69) is 20.1 Å². The molecule has 1 aromatic heterocycles. The van der Waals surface area contributed by atoms with Crippen LogP contribution in [0, 0.1) is 0 Å². The second-order valence-corrected chi connectivity index (χ2v) is 6.87. The van der Waals surface area contributed by atoms with Crippen LogP contribution in [0.25, 0.3) is 0 Å². The molecule has 0 aromatic carbocycles. The van der Waals surface area contributed by atoms with Crippen LogP contribution >= 0.6 is 11.6 Å². The molecule has 2 aliphatic heterocycles. The Labute approximate surface area is 148 Å². The standard InChI is InChI=1S/C17H25ClN4O2/c18-16-4-3-14(10-19-16)12-21-5-7-22(8-6-21)13-17(23)20-11-15-2-1-9-24-15/h3-4,10,15H,1-2,5-9,11-13H2,(H,20,23). The van der Waals surface area contributed by atoms with Crippen LogP contribution in [-0.4, -0.2) is 72.7 Å². The largest absolute Gasteiger partial charge is 0.376 e. The number of piperazine rings is 1. The third kappa shape index (κ3) is 5.41. The SMILES string of the molecule is O=C(CN1CCN(Cc2ccc(Cl)nc2)CC1)NCC1CCCO1. The monoisotopic (exact) mass is 352 g/mol. The van der Waals surface area contributed by atoms with Gasteiger partial charge in [0.2, 0.25) is 5.91 Å². The van der Waals surface area contributed by atoms with Crippen LogP contribution in [0.4, 0.5) is 0 Å². The van der Waals surface area contributed by atoms with Gasteiger partial charge in [0.05, 0.1) is 12.6 Å². The lowest BCUT2D eigenvalue weighted by molar-refractivity contribution is -0.123. The maximum atomic E-state index is 12.0. The number of rotatable bonds is 6. The fourth-order valence-electron chi connectivity index (χ4n) is 3.16. The fraction of sp³-hybridized carbons (Fsp3) is 0.647. The van der Waals surface area contributed by atoms with Crippen molar-refractivity contribution in [2.45, 2.75) is 25.5 Å². The molecule has 2 aliphatic rings. The normalized spacial score (nSPS) is 22.6. The maximum Gasteiger partial charge on any atom is 0.234 e. The van der Waals surface area contributed by atoms with Crippen molar-refractivity contribution in [1.82, 2.24) is 20.1 Å². The van der Waals surface area contributed by atoms with Gasteiger partial charge in [-0.2, -0.15) is 0 Å². The first-order chi connectivity index (χ1) is 11.7. The number of ether oxygens (including phenoxy) is 1. The molecule has 3 heterocycles. The van der Waals surface area contributed by atoms with Gasteiger partial charge in [-0.25, -0.2) is 4.98 Å². The molecule has 0 radical (unpaired) electrons. The molecule has 0 spiro atoms. The molecule has 1 amide bonds. The predicted molar refractivity (Wildman–Crippen MR) is 92.9 cm³/mol. The molecular weight excluding hydrogens is 328 g/mol. The van der Waals surface area contributed by atoms with E-state index in [4.69, 9.17) is 16.3 Å². The van der Waals surface area contributed by atoms with Crippen LogP contribution in [-0.2, 0) is 16.1 Å². The molecule has 24 heavy (non-hydrogen) atoms. The fourth-order valence-corrected chi connectivity index (χ4v) is 3.27.